The highest BCUT2D eigenvalue weighted by Crippen LogP contribution is 2.25. The van der Waals surface area contributed by atoms with Gasteiger partial charge in [-0.2, -0.15) is 0 Å². The van der Waals surface area contributed by atoms with Crippen LogP contribution in [-0.4, -0.2) is 18.1 Å². The van der Waals surface area contributed by atoms with E-state index < -0.39 is 0 Å². The number of anilines is 1. The molecule has 0 spiro atoms. The molecular weight excluding hydrogens is 285 g/mol. The molecule has 1 atom stereocenters. The van der Waals surface area contributed by atoms with Gasteiger partial charge >= 0.3 is 0 Å². The summed E-state index contributed by atoms with van der Waals surface area (Å²) in [4.78, 5) is 6.50. The molecule has 114 valence electrons. The van der Waals surface area contributed by atoms with E-state index in [1.54, 1.807) is 17.4 Å². The zero-order chi connectivity index (χ0) is 15.4. The molecule has 2 aromatic rings. The summed E-state index contributed by atoms with van der Waals surface area (Å²) in [6.45, 7) is 4.68. The van der Waals surface area contributed by atoms with Crippen LogP contribution in [-0.2, 0) is 13.0 Å². The van der Waals surface area contributed by atoms with Gasteiger partial charge < -0.3 is 10.6 Å². The van der Waals surface area contributed by atoms with Crippen LogP contribution in [0.3, 0.4) is 0 Å². The lowest BCUT2D eigenvalue weighted by Gasteiger charge is -2.23. The zero-order valence-electron chi connectivity index (χ0n) is 12.8. The van der Waals surface area contributed by atoms with Gasteiger partial charge in [0.05, 0.1) is 17.2 Å². The number of nitrogens with two attached hydrogens (primary N) is 1. The lowest BCUT2D eigenvalue weighted by Crippen LogP contribution is -2.25. The summed E-state index contributed by atoms with van der Waals surface area (Å²) in [5.41, 5.74) is 8.60. The lowest BCUT2D eigenvalue weighted by molar-refractivity contribution is 0.578. The first-order valence-electron chi connectivity index (χ1n) is 7.16. The van der Waals surface area contributed by atoms with Crippen molar-refractivity contribution in [3.63, 3.8) is 0 Å². The van der Waals surface area contributed by atoms with Crippen LogP contribution in [0.2, 0.25) is 0 Å². The Hall–Kier alpha value is -1.46. The van der Waals surface area contributed by atoms with Gasteiger partial charge in [0, 0.05) is 29.7 Å². The van der Waals surface area contributed by atoms with Crippen LogP contribution in [0.25, 0.3) is 0 Å². The minimum Gasteiger partial charge on any atom is -0.368 e. The average Bonchev–Trinajstić information content (AvgIpc) is 2.86. The van der Waals surface area contributed by atoms with Crippen LogP contribution < -0.4 is 10.6 Å². The number of hydrogen-bond acceptors (Lipinski definition) is 4. The molecule has 0 aliphatic heterocycles. The molecule has 0 fully saturated rings. The molecule has 21 heavy (non-hydrogen) atoms. The predicted molar refractivity (Wildman–Crippen MR) is 87.3 cm³/mol. The Morgan fingerprint density at radius 1 is 1.43 bits per heavy atom. The van der Waals surface area contributed by atoms with E-state index in [-0.39, 0.29) is 11.9 Å². The van der Waals surface area contributed by atoms with E-state index >= 15 is 0 Å². The Morgan fingerprint density at radius 2 is 2.19 bits per heavy atom. The molecule has 0 aliphatic carbocycles. The average molecular weight is 307 g/mol. The minimum absolute atomic E-state index is 0.0180. The number of halogens is 1. The van der Waals surface area contributed by atoms with Crippen molar-refractivity contribution < 1.29 is 4.39 Å². The van der Waals surface area contributed by atoms with Crippen LogP contribution in [0, 0.1) is 12.7 Å². The largest absolute Gasteiger partial charge is 0.368 e. The Morgan fingerprint density at radius 3 is 2.81 bits per heavy atom. The van der Waals surface area contributed by atoms with Crippen molar-refractivity contribution in [2.45, 2.75) is 39.3 Å². The molecule has 2 rings (SSSR count). The summed E-state index contributed by atoms with van der Waals surface area (Å²) in [7, 11) is 1.96. The van der Waals surface area contributed by atoms with E-state index in [9.17, 15) is 4.39 Å². The summed E-state index contributed by atoms with van der Waals surface area (Å²) in [6.07, 6.45) is 1.39. The molecule has 1 aromatic heterocycles. The van der Waals surface area contributed by atoms with Gasteiger partial charge in [-0.3, -0.25) is 0 Å². The van der Waals surface area contributed by atoms with Gasteiger partial charge in [-0.1, -0.05) is 13.0 Å². The third-order valence-corrected chi connectivity index (χ3v) is 4.38. The summed E-state index contributed by atoms with van der Waals surface area (Å²) in [5.74, 6) is -0.183. The van der Waals surface area contributed by atoms with Crippen LogP contribution >= 0.6 is 11.3 Å². The molecule has 1 unspecified atom stereocenters. The molecule has 0 amide bonds. The number of hydrogen-bond donors (Lipinski definition) is 1. The van der Waals surface area contributed by atoms with E-state index in [0.29, 0.717) is 18.5 Å². The second-order valence-corrected chi connectivity index (χ2v) is 6.39. The van der Waals surface area contributed by atoms with Gasteiger partial charge in [0.1, 0.15) is 5.82 Å². The standard InChI is InChI=1S/C16H22FN3S/c1-4-12(18)8-14-15(17)6-5-7-16(14)20(3)9-13-10-21-11(2)19-13/h5-7,10,12H,4,8-9,18H2,1-3H3. The normalized spacial score (nSPS) is 12.4. The third kappa shape index (κ3) is 4.02. The molecule has 2 N–H and O–H groups in total. The molecular formula is C16H22FN3S. The Balaban J connectivity index is 2.23. The molecule has 0 saturated carbocycles. The Labute approximate surface area is 129 Å². The van der Waals surface area contributed by atoms with Crippen LogP contribution in [0.15, 0.2) is 23.6 Å². The molecule has 0 saturated heterocycles. The topological polar surface area (TPSA) is 42.1 Å². The number of aromatic nitrogens is 1. The van der Waals surface area contributed by atoms with Crippen molar-refractivity contribution in [1.29, 1.82) is 0 Å². The van der Waals surface area contributed by atoms with E-state index in [1.807, 2.05) is 37.2 Å². The molecule has 0 radical (unpaired) electrons. The van der Waals surface area contributed by atoms with E-state index in [1.165, 1.54) is 6.07 Å². The monoisotopic (exact) mass is 307 g/mol. The van der Waals surface area contributed by atoms with Gasteiger partial charge in [-0.15, -0.1) is 11.3 Å². The van der Waals surface area contributed by atoms with Crippen molar-refractivity contribution in [2.24, 2.45) is 5.73 Å². The SMILES string of the molecule is CCC(N)Cc1c(F)cccc1N(C)Cc1csc(C)n1. The fraction of sp³-hybridized carbons (Fsp3) is 0.438. The maximum Gasteiger partial charge on any atom is 0.128 e. The fourth-order valence-electron chi connectivity index (χ4n) is 2.32. The summed E-state index contributed by atoms with van der Waals surface area (Å²) in [6, 6.07) is 5.17. The van der Waals surface area contributed by atoms with Gasteiger partial charge in [-0.05, 0) is 31.9 Å². The number of benzene rings is 1. The van der Waals surface area contributed by atoms with Gasteiger partial charge in [0.15, 0.2) is 0 Å². The highest BCUT2D eigenvalue weighted by molar-refractivity contribution is 7.09. The third-order valence-electron chi connectivity index (χ3n) is 3.56. The molecule has 5 heteroatoms. The van der Waals surface area contributed by atoms with Crippen molar-refractivity contribution in [3.8, 4) is 0 Å². The Bertz CT molecular complexity index is 597. The maximum atomic E-state index is 14.2. The summed E-state index contributed by atoms with van der Waals surface area (Å²) >= 11 is 1.63. The molecule has 0 bridgehead atoms. The second-order valence-electron chi connectivity index (χ2n) is 5.32. The number of nitrogens with zero attached hydrogens (tertiary/aromatic N) is 2. The quantitative estimate of drug-likeness (QED) is 0.888. The Kier molecular flexibility index (Phi) is 5.31. The summed E-state index contributed by atoms with van der Waals surface area (Å²) < 4.78 is 14.2. The highest BCUT2D eigenvalue weighted by Gasteiger charge is 2.15. The fourth-order valence-corrected chi connectivity index (χ4v) is 2.93. The predicted octanol–water partition coefficient (Wildman–Crippen LogP) is 3.51. The highest BCUT2D eigenvalue weighted by atomic mass is 32.1. The van der Waals surface area contributed by atoms with Gasteiger partial charge in [0.25, 0.3) is 0 Å². The second kappa shape index (κ2) is 7.00. The van der Waals surface area contributed by atoms with Crippen LogP contribution in [0.5, 0.6) is 0 Å². The van der Waals surface area contributed by atoms with Gasteiger partial charge in [-0.25, -0.2) is 9.37 Å². The van der Waals surface area contributed by atoms with Crippen LogP contribution in [0.1, 0.15) is 29.6 Å². The van der Waals surface area contributed by atoms with Crippen molar-refractivity contribution in [2.75, 3.05) is 11.9 Å². The van der Waals surface area contributed by atoms with Crippen LogP contribution in [0.4, 0.5) is 10.1 Å². The van der Waals surface area contributed by atoms with E-state index in [2.05, 4.69) is 4.98 Å². The van der Waals surface area contributed by atoms with E-state index in [4.69, 9.17) is 5.73 Å². The smallest absolute Gasteiger partial charge is 0.128 e. The van der Waals surface area contributed by atoms with Crippen molar-refractivity contribution in [1.82, 2.24) is 4.98 Å². The molecule has 3 nitrogen and oxygen atoms in total. The number of thiazole rings is 1. The molecule has 1 heterocycles. The number of rotatable bonds is 6. The van der Waals surface area contributed by atoms with Crippen molar-refractivity contribution >= 4 is 17.0 Å². The first-order valence-corrected chi connectivity index (χ1v) is 8.04. The first-order chi connectivity index (χ1) is 10.0. The number of aryl methyl sites for hydroxylation is 1. The zero-order valence-corrected chi connectivity index (χ0v) is 13.6. The van der Waals surface area contributed by atoms with Gasteiger partial charge in [0.2, 0.25) is 0 Å². The molecule has 1 aromatic carbocycles. The summed E-state index contributed by atoms with van der Waals surface area (Å²) in [5, 5.41) is 3.09. The molecule has 0 aliphatic rings. The maximum absolute atomic E-state index is 14.2. The lowest BCUT2D eigenvalue weighted by atomic mass is 10.0. The minimum atomic E-state index is -0.183. The van der Waals surface area contributed by atoms with Crippen molar-refractivity contribution in [3.05, 3.63) is 45.7 Å². The first kappa shape index (κ1) is 15.9. The van der Waals surface area contributed by atoms with E-state index in [0.717, 1.165) is 22.8 Å².